The van der Waals surface area contributed by atoms with Crippen LogP contribution in [0.5, 0.6) is 0 Å². The van der Waals surface area contributed by atoms with Crippen LogP contribution >= 0.6 is 11.6 Å². The molecule has 66 valence electrons. The van der Waals surface area contributed by atoms with E-state index in [0.29, 0.717) is 5.15 Å². The van der Waals surface area contributed by atoms with Crippen LogP contribution in [0.3, 0.4) is 0 Å². The minimum atomic E-state index is 0.225. The Balaban J connectivity index is 2.63. The molecular weight excluding hydrogens is 172 g/mol. The van der Waals surface area contributed by atoms with Crippen molar-refractivity contribution in [3.05, 3.63) is 29.0 Å². The molecule has 0 aliphatic heterocycles. The van der Waals surface area contributed by atoms with Crippen molar-refractivity contribution < 1.29 is 0 Å². The molecule has 1 unspecified atom stereocenters. The maximum Gasteiger partial charge on any atom is 0.129 e. The highest BCUT2D eigenvalue weighted by Crippen LogP contribution is 2.09. The first-order chi connectivity index (χ1) is 5.72. The van der Waals surface area contributed by atoms with E-state index in [0.717, 1.165) is 18.4 Å². The Labute approximate surface area is 77.8 Å². The van der Waals surface area contributed by atoms with Crippen molar-refractivity contribution in [1.82, 2.24) is 4.98 Å². The van der Waals surface area contributed by atoms with Crippen molar-refractivity contribution in [1.29, 1.82) is 0 Å². The van der Waals surface area contributed by atoms with Gasteiger partial charge in [0.1, 0.15) is 5.15 Å². The Bertz CT molecular complexity index is 250. The van der Waals surface area contributed by atoms with Crippen LogP contribution in [0, 0.1) is 0 Å². The van der Waals surface area contributed by atoms with Crippen molar-refractivity contribution in [2.75, 3.05) is 0 Å². The van der Waals surface area contributed by atoms with Crippen LogP contribution in [0.25, 0.3) is 0 Å². The number of halogens is 1. The van der Waals surface area contributed by atoms with E-state index >= 15 is 0 Å². The SMILES string of the molecule is CCC(N)Cc1ccnc(Cl)c1. The van der Waals surface area contributed by atoms with Gasteiger partial charge in [-0.1, -0.05) is 18.5 Å². The molecule has 0 radical (unpaired) electrons. The first-order valence-electron chi connectivity index (χ1n) is 4.08. The van der Waals surface area contributed by atoms with Crippen LogP contribution in [0.2, 0.25) is 5.15 Å². The summed E-state index contributed by atoms with van der Waals surface area (Å²) < 4.78 is 0. The highest BCUT2D eigenvalue weighted by Gasteiger charge is 2.01. The molecule has 1 atom stereocenters. The van der Waals surface area contributed by atoms with Gasteiger partial charge in [-0.3, -0.25) is 0 Å². The fourth-order valence-electron chi connectivity index (χ4n) is 1.02. The summed E-state index contributed by atoms with van der Waals surface area (Å²) in [6.45, 7) is 2.08. The van der Waals surface area contributed by atoms with Crippen molar-refractivity contribution in [2.45, 2.75) is 25.8 Å². The lowest BCUT2D eigenvalue weighted by atomic mass is 10.1. The molecule has 1 aromatic heterocycles. The van der Waals surface area contributed by atoms with E-state index in [9.17, 15) is 0 Å². The van der Waals surface area contributed by atoms with E-state index in [4.69, 9.17) is 17.3 Å². The quantitative estimate of drug-likeness (QED) is 0.730. The minimum Gasteiger partial charge on any atom is -0.327 e. The highest BCUT2D eigenvalue weighted by molar-refractivity contribution is 6.29. The summed E-state index contributed by atoms with van der Waals surface area (Å²) in [4.78, 5) is 3.90. The number of nitrogens with two attached hydrogens (primary N) is 1. The Kier molecular flexibility index (Phi) is 3.50. The van der Waals surface area contributed by atoms with Gasteiger partial charge < -0.3 is 5.73 Å². The normalized spacial score (nSPS) is 12.9. The number of rotatable bonds is 3. The molecule has 1 aromatic rings. The van der Waals surface area contributed by atoms with Crippen LogP contribution in [0.4, 0.5) is 0 Å². The predicted octanol–water partition coefficient (Wildman–Crippen LogP) is 2.01. The average molecular weight is 185 g/mol. The molecule has 0 aromatic carbocycles. The van der Waals surface area contributed by atoms with E-state index in [1.165, 1.54) is 0 Å². The zero-order valence-corrected chi connectivity index (χ0v) is 7.88. The molecule has 1 rings (SSSR count). The fraction of sp³-hybridized carbons (Fsp3) is 0.444. The molecule has 0 fully saturated rings. The van der Waals surface area contributed by atoms with Crippen LogP contribution in [0.15, 0.2) is 18.3 Å². The van der Waals surface area contributed by atoms with E-state index in [-0.39, 0.29) is 6.04 Å². The van der Waals surface area contributed by atoms with Crippen molar-refractivity contribution in [3.8, 4) is 0 Å². The zero-order chi connectivity index (χ0) is 8.97. The van der Waals surface area contributed by atoms with Crippen LogP contribution in [-0.4, -0.2) is 11.0 Å². The molecule has 0 spiro atoms. The molecule has 12 heavy (non-hydrogen) atoms. The van der Waals surface area contributed by atoms with Gasteiger partial charge in [0.25, 0.3) is 0 Å². The molecule has 2 N–H and O–H groups in total. The number of aromatic nitrogens is 1. The molecule has 3 heteroatoms. The standard InChI is InChI=1S/C9H13ClN2/c1-2-8(11)5-7-3-4-12-9(10)6-7/h3-4,6,8H,2,5,11H2,1H3. The lowest BCUT2D eigenvalue weighted by molar-refractivity contribution is 0.646. The van der Waals surface area contributed by atoms with Gasteiger partial charge in [-0.25, -0.2) is 4.98 Å². The lowest BCUT2D eigenvalue weighted by Gasteiger charge is -2.07. The van der Waals surface area contributed by atoms with Crippen molar-refractivity contribution in [2.24, 2.45) is 5.73 Å². The summed E-state index contributed by atoms with van der Waals surface area (Å²) in [6, 6.07) is 4.03. The Morgan fingerprint density at radius 1 is 1.67 bits per heavy atom. The maximum absolute atomic E-state index is 5.79. The largest absolute Gasteiger partial charge is 0.327 e. The molecule has 0 aliphatic carbocycles. The topological polar surface area (TPSA) is 38.9 Å². The van der Waals surface area contributed by atoms with Gasteiger partial charge in [0.05, 0.1) is 0 Å². The van der Waals surface area contributed by atoms with Gasteiger partial charge in [-0.05, 0) is 30.5 Å². The smallest absolute Gasteiger partial charge is 0.129 e. The highest BCUT2D eigenvalue weighted by atomic mass is 35.5. The average Bonchev–Trinajstić information content (AvgIpc) is 2.04. The number of hydrogen-bond acceptors (Lipinski definition) is 2. The van der Waals surface area contributed by atoms with Gasteiger partial charge in [0, 0.05) is 12.2 Å². The Hall–Kier alpha value is -0.600. The first kappa shape index (κ1) is 9.49. The minimum absolute atomic E-state index is 0.225. The van der Waals surface area contributed by atoms with E-state index < -0.39 is 0 Å². The summed E-state index contributed by atoms with van der Waals surface area (Å²) >= 11 is 5.72. The number of nitrogens with zero attached hydrogens (tertiary/aromatic N) is 1. The second-order valence-corrected chi connectivity index (χ2v) is 3.25. The van der Waals surface area contributed by atoms with Gasteiger partial charge >= 0.3 is 0 Å². The summed E-state index contributed by atoms with van der Waals surface area (Å²) in [7, 11) is 0. The van der Waals surface area contributed by atoms with Gasteiger partial charge in [0.15, 0.2) is 0 Å². The predicted molar refractivity (Wildman–Crippen MR) is 51.2 cm³/mol. The van der Waals surface area contributed by atoms with Crippen LogP contribution < -0.4 is 5.73 Å². The van der Waals surface area contributed by atoms with Crippen molar-refractivity contribution in [3.63, 3.8) is 0 Å². The van der Waals surface area contributed by atoms with Crippen LogP contribution in [0.1, 0.15) is 18.9 Å². The molecule has 0 bridgehead atoms. The second kappa shape index (κ2) is 4.43. The third-order valence-electron chi connectivity index (χ3n) is 1.81. The fourth-order valence-corrected chi connectivity index (χ4v) is 1.21. The molecule has 1 heterocycles. The zero-order valence-electron chi connectivity index (χ0n) is 7.13. The third-order valence-corrected chi connectivity index (χ3v) is 2.02. The van der Waals surface area contributed by atoms with E-state index in [1.54, 1.807) is 6.20 Å². The van der Waals surface area contributed by atoms with Gasteiger partial charge in [-0.15, -0.1) is 0 Å². The third kappa shape index (κ3) is 2.80. The Morgan fingerprint density at radius 3 is 3.00 bits per heavy atom. The number of hydrogen-bond donors (Lipinski definition) is 1. The summed E-state index contributed by atoms with van der Waals surface area (Å²) in [5, 5.41) is 0.538. The molecule has 2 nitrogen and oxygen atoms in total. The second-order valence-electron chi connectivity index (χ2n) is 2.86. The lowest BCUT2D eigenvalue weighted by Crippen LogP contribution is -2.21. The summed E-state index contributed by atoms with van der Waals surface area (Å²) in [6.07, 6.45) is 3.57. The molecule has 0 aliphatic rings. The molecule has 0 saturated carbocycles. The summed E-state index contributed by atoms with van der Waals surface area (Å²) in [5.41, 5.74) is 6.95. The van der Waals surface area contributed by atoms with Crippen molar-refractivity contribution >= 4 is 11.6 Å². The molecular formula is C9H13ClN2. The maximum atomic E-state index is 5.79. The van der Waals surface area contributed by atoms with Gasteiger partial charge in [-0.2, -0.15) is 0 Å². The van der Waals surface area contributed by atoms with Crippen LogP contribution in [-0.2, 0) is 6.42 Å². The Morgan fingerprint density at radius 2 is 2.42 bits per heavy atom. The monoisotopic (exact) mass is 184 g/mol. The molecule has 0 saturated heterocycles. The number of pyridine rings is 1. The van der Waals surface area contributed by atoms with E-state index in [2.05, 4.69) is 11.9 Å². The molecule has 0 amide bonds. The first-order valence-corrected chi connectivity index (χ1v) is 4.46. The van der Waals surface area contributed by atoms with Gasteiger partial charge in [0.2, 0.25) is 0 Å². The van der Waals surface area contributed by atoms with E-state index in [1.807, 2.05) is 12.1 Å². The summed E-state index contributed by atoms with van der Waals surface area (Å²) in [5.74, 6) is 0.